The normalized spacial score (nSPS) is 22.7. The molecule has 1 aliphatic carbocycles. The molecule has 1 N–H and O–H groups in total. The number of nitrogens with one attached hydrogen (secondary N) is 1. The first-order valence-corrected chi connectivity index (χ1v) is 9.59. The number of nitrogens with zero attached hydrogens (tertiary/aromatic N) is 1. The Bertz CT molecular complexity index is 945. The van der Waals surface area contributed by atoms with Crippen molar-refractivity contribution in [3.8, 4) is 5.75 Å². The van der Waals surface area contributed by atoms with E-state index in [4.69, 9.17) is 27.9 Å². The largest absolute Gasteiger partial charge is 0.494 e. The van der Waals surface area contributed by atoms with Crippen LogP contribution in [-0.4, -0.2) is 11.5 Å². The summed E-state index contributed by atoms with van der Waals surface area (Å²) in [7, 11) is 0. The molecule has 0 saturated heterocycles. The monoisotopic (exact) mass is 404 g/mol. The molecule has 0 amide bonds. The second-order valence-corrected chi connectivity index (χ2v) is 7.50. The van der Waals surface area contributed by atoms with Gasteiger partial charge >= 0.3 is 0 Å². The highest BCUT2D eigenvalue weighted by atomic mass is 35.5. The molecule has 0 bridgehead atoms. The van der Waals surface area contributed by atoms with E-state index in [0.29, 0.717) is 28.1 Å². The summed E-state index contributed by atoms with van der Waals surface area (Å²) >= 11 is 12.7. The minimum atomic E-state index is -0.371. The number of anilines is 1. The van der Waals surface area contributed by atoms with Crippen LogP contribution in [0.2, 0.25) is 10.0 Å². The van der Waals surface area contributed by atoms with Crippen LogP contribution in [0.1, 0.15) is 36.4 Å². The molecule has 27 heavy (non-hydrogen) atoms. The Labute approximate surface area is 167 Å². The fraction of sp³-hybridized carbons (Fsp3) is 0.300. The first-order chi connectivity index (χ1) is 13.0. The number of hydrogen-bond donors (Lipinski definition) is 1. The molecule has 0 radical (unpaired) electrons. The van der Waals surface area contributed by atoms with Crippen molar-refractivity contribution in [2.24, 2.45) is 5.92 Å². The average molecular weight is 405 g/mol. The third kappa shape index (κ3) is 3.05. The summed E-state index contributed by atoms with van der Waals surface area (Å²) < 4.78 is 5.56. The summed E-state index contributed by atoms with van der Waals surface area (Å²) in [5.74, 6) is 0.772. The maximum Gasteiger partial charge on any atom is 0.296 e. The maximum atomic E-state index is 11.7. The van der Waals surface area contributed by atoms with E-state index in [1.807, 2.05) is 25.1 Å². The highest BCUT2D eigenvalue weighted by molar-refractivity contribution is 6.42. The molecule has 0 saturated carbocycles. The van der Waals surface area contributed by atoms with Gasteiger partial charge in [0.1, 0.15) is 11.4 Å². The van der Waals surface area contributed by atoms with E-state index in [0.717, 1.165) is 17.5 Å². The topological polar surface area (TPSA) is 64.4 Å². The second kappa shape index (κ2) is 7.06. The molecule has 0 fully saturated rings. The molecule has 2 aromatic rings. The Balaban J connectivity index is 1.87. The molecular formula is C20H18Cl2N2O3. The standard InChI is InChI=1S/C20H18Cl2N2O3/c1-2-27-11-9-15-12-5-3-6-13(12)19(14-7-4-8-16(21)18(14)22)23-20(15)17(10-11)24(25)26/h3-5,7-10,12-13,19,23H,2,6H2,1H3/t12-,13-,19+/m0/s1. The Kier molecular flexibility index (Phi) is 4.74. The van der Waals surface area contributed by atoms with Gasteiger partial charge in [0, 0.05) is 5.92 Å². The van der Waals surface area contributed by atoms with Crippen LogP contribution in [-0.2, 0) is 0 Å². The van der Waals surface area contributed by atoms with Crippen molar-refractivity contribution >= 4 is 34.6 Å². The van der Waals surface area contributed by atoms with Gasteiger partial charge in [-0.25, -0.2) is 0 Å². The number of hydrogen-bond acceptors (Lipinski definition) is 4. The first-order valence-electron chi connectivity index (χ1n) is 8.83. The number of rotatable bonds is 4. The molecule has 0 unspecified atom stereocenters. The Hall–Kier alpha value is -2.24. The van der Waals surface area contributed by atoms with Gasteiger partial charge in [-0.15, -0.1) is 0 Å². The minimum Gasteiger partial charge on any atom is -0.494 e. The molecular weight excluding hydrogens is 387 g/mol. The van der Waals surface area contributed by atoms with E-state index >= 15 is 0 Å². The predicted octanol–water partition coefficient (Wildman–Crippen LogP) is 6.13. The lowest BCUT2D eigenvalue weighted by atomic mass is 9.76. The number of fused-ring (bicyclic) bond motifs is 3. The Morgan fingerprint density at radius 3 is 2.85 bits per heavy atom. The van der Waals surface area contributed by atoms with Crippen molar-refractivity contribution in [3.05, 3.63) is 73.8 Å². The molecule has 3 atom stereocenters. The lowest BCUT2D eigenvalue weighted by molar-refractivity contribution is -0.384. The van der Waals surface area contributed by atoms with Gasteiger partial charge in [-0.05, 0) is 42.5 Å². The van der Waals surface area contributed by atoms with E-state index in [1.165, 1.54) is 6.07 Å². The summed E-state index contributed by atoms with van der Waals surface area (Å²) in [5.41, 5.74) is 2.28. The van der Waals surface area contributed by atoms with Gasteiger partial charge in [-0.3, -0.25) is 10.1 Å². The molecule has 140 valence electrons. The van der Waals surface area contributed by atoms with Crippen molar-refractivity contribution in [1.82, 2.24) is 0 Å². The molecule has 0 spiro atoms. The summed E-state index contributed by atoms with van der Waals surface area (Å²) in [6, 6.07) is 8.73. The molecule has 1 heterocycles. The highest BCUT2D eigenvalue weighted by Gasteiger charge is 2.41. The van der Waals surface area contributed by atoms with Crippen LogP contribution in [0.15, 0.2) is 42.5 Å². The Morgan fingerprint density at radius 2 is 2.11 bits per heavy atom. The highest BCUT2D eigenvalue weighted by Crippen LogP contribution is 2.54. The summed E-state index contributed by atoms with van der Waals surface area (Å²) in [6.45, 7) is 2.31. The predicted molar refractivity (Wildman–Crippen MR) is 107 cm³/mol. The zero-order chi connectivity index (χ0) is 19.1. The minimum absolute atomic E-state index is 0.0119. The van der Waals surface area contributed by atoms with Gasteiger partial charge in [-0.1, -0.05) is 47.5 Å². The molecule has 5 nitrogen and oxygen atoms in total. The average Bonchev–Trinajstić information content (AvgIpc) is 3.13. The quantitative estimate of drug-likeness (QED) is 0.378. The summed E-state index contributed by atoms with van der Waals surface area (Å²) in [6.07, 6.45) is 5.10. The zero-order valence-electron chi connectivity index (χ0n) is 14.6. The van der Waals surface area contributed by atoms with E-state index in [-0.39, 0.29) is 28.5 Å². The van der Waals surface area contributed by atoms with Gasteiger partial charge in [0.25, 0.3) is 5.69 Å². The zero-order valence-corrected chi connectivity index (χ0v) is 16.1. The number of nitro groups is 1. The SMILES string of the molecule is CCOc1cc2c(c([N+](=O)[O-])c1)N[C@@H](c1cccc(Cl)c1Cl)[C@H]1CC=C[C@H]21. The summed E-state index contributed by atoms with van der Waals surface area (Å²) in [5, 5.41) is 16.1. The molecule has 2 aliphatic rings. The smallest absolute Gasteiger partial charge is 0.296 e. The molecule has 7 heteroatoms. The van der Waals surface area contributed by atoms with E-state index in [2.05, 4.69) is 17.5 Å². The van der Waals surface area contributed by atoms with Crippen molar-refractivity contribution in [1.29, 1.82) is 0 Å². The van der Waals surface area contributed by atoms with Crippen LogP contribution < -0.4 is 10.1 Å². The number of benzene rings is 2. The number of ether oxygens (including phenoxy) is 1. The van der Waals surface area contributed by atoms with Crippen molar-refractivity contribution in [2.75, 3.05) is 11.9 Å². The van der Waals surface area contributed by atoms with E-state index < -0.39 is 0 Å². The van der Waals surface area contributed by atoms with Crippen LogP contribution in [0.4, 0.5) is 11.4 Å². The lowest BCUT2D eigenvalue weighted by Crippen LogP contribution is -2.30. The van der Waals surface area contributed by atoms with Crippen molar-refractivity contribution in [2.45, 2.75) is 25.3 Å². The molecule has 0 aromatic heterocycles. The summed E-state index contributed by atoms with van der Waals surface area (Å²) in [4.78, 5) is 11.4. The second-order valence-electron chi connectivity index (χ2n) is 6.72. The third-order valence-corrected chi connectivity index (χ3v) is 6.08. The molecule has 1 aliphatic heterocycles. The fourth-order valence-corrected chi connectivity index (χ4v) is 4.54. The molecule has 4 rings (SSSR count). The van der Waals surface area contributed by atoms with Gasteiger partial charge in [0.15, 0.2) is 0 Å². The van der Waals surface area contributed by atoms with Crippen LogP contribution in [0.25, 0.3) is 0 Å². The van der Waals surface area contributed by atoms with Crippen molar-refractivity contribution < 1.29 is 9.66 Å². The number of allylic oxidation sites excluding steroid dienone is 2. The van der Waals surface area contributed by atoms with Crippen LogP contribution >= 0.6 is 23.2 Å². The van der Waals surface area contributed by atoms with E-state index in [1.54, 1.807) is 6.07 Å². The number of halogens is 2. The Morgan fingerprint density at radius 1 is 1.30 bits per heavy atom. The van der Waals surface area contributed by atoms with Crippen LogP contribution in [0.3, 0.4) is 0 Å². The van der Waals surface area contributed by atoms with Crippen LogP contribution in [0, 0.1) is 16.0 Å². The molecule has 2 aromatic carbocycles. The fourth-order valence-electron chi connectivity index (χ4n) is 4.12. The third-order valence-electron chi connectivity index (χ3n) is 5.25. The number of nitro benzene ring substituents is 1. The maximum absolute atomic E-state index is 11.7. The van der Waals surface area contributed by atoms with Crippen LogP contribution in [0.5, 0.6) is 5.75 Å². The van der Waals surface area contributed by atoms with Gasteiger partial charge in [0.05, 0.1) is 33.7 Å². The van der Waals surface area contributed by atoms with Gasteiger partial charge in [-0.2, -0.15) is 0 Å². The first kappa shape index (κ1) is 18.1. The van der Waals surface area contributed by atoms with Gasteiger partial charge in [0.2, 0.25) is 0 Å². The van der Waals surface area contributed by atoms with Gasteiger partial charge < -0.3 is 10.1 Å². The lowest BCUT2D eigenvalue weighted by Gasteiger charge is -2.37. The van der Waals surface area contributed by atoms with E-state index in [9.17, 15) is 10.1 Å². The van der Waals surface area contributed by atoms with Crippen molar-refractivity contribution in [3.63, 3.8) is 0 Å².